The van der Waals surface area contributed by atoms with Gasteiger partial charge in [0, 0.05) is 12.4 Å². The van der Waals surface area contributed by atoms with Crippen LogP contribution in [0.4, 0.5) is 0 Å². The molecular formula is C7H10LrN-. The van der Waals surface area contributed by atoms with Crippen LogP contribution in [0.15, 0.2) is 24.5 Å². The van der Waals surface area contributed by atoms with E-state index in [1.807, 2.05) is 19.1 Å². The van der Waals surface area contributed by atoms with Gasteiger partial charge in [0.15, 0.2) is 0 Å². The molecule has 1 radical (unpaired) electrons. The number of aromatic nitrogens is 1. The Balaban J connectivity index is 0. The van der Waals surface area contributed by atoms with Crippen molar-refractivity contribution < 1.29 is 0 Å². The average molecular weight is 370 g/mol. The summed E-state index contributed by atoms with van der Waals surface area (Å²) in [5, 5.41) is 0. The predicted octanol–water partition coefficient (Wildman–Crippen LogP) is 1.84. The molecule has 0 N–H and O–H groups in total. The van der Waals surface area contributed by atoms with Crippen LogP contribution in [0.2, 0.25) is 0 Å². The summed E-state index contributed by atoms with van der Waals surface area (Å²) in [6.45, 7) is 2.04. The third-order valence-electron chi connectivity index (χ3n) is 0.847. The van der Waals surface area contributed by atoms with E-state index in [0.717, 1.165) is 0 Å². The molecule has 1 nitrogen and oxygen atoms in total. The Bertz CT molecular complexity index is 139. The largest absolute Gasteiger partial charge is 0.358 e. The molecule has 2 heteroatoms. The van der Waals surface area contributed by atoms with Crippen LogP contribution in [0.5, 0.6) is 0 Å². The Morgan fingerprint density at radius 2 is 1.67 bits per heavy atom. The molecule has 0 aromatic carbocycles. The van der Waals surface area contributed by atoms with Gasteiger partial charge >= 0.3 is 0 Å². The van der Waals surface area contributed by atoms with E-state index in [4.69, 9.17) is 0 Å². The molecular weight excluding hydrogens is 360 g/mol. The van der Waals surface area contributed by atoms with E-state index >= 15 is 0 Å². The van der Waals surface area contributed by atoms with Crippen LogP contribution in [0.3, 0.4) is 0 Å². The van der Waals surface area contributed by atoms with E-state index in [2.05, 4.69) is 4.98 Å². The molecule has 9 heavy (non-hydrogen) atoms. The molecule has 0 saturated heterocycles. The first-order valence-electron chi connectivity index (χ1n) is 2.26. The van der Waals surface area contributed by atoms with E-state index in [0.29, 0.717) is 0 Å². The Morgan fingerprint density at radius 1 is 1.22 bits per heavy atom. The minimum atomic E-state index is 0. The molecule has 0 spiro atoms. The number of hydrogen-bond donors (Lipinski definition) is 0. The zero-order valence-electron chi connectivity index (χ0n) is 5.51. The van der Waals surface area contributed by atoms with Gasteiger partial charge in [-0.1, -0.05) is 0 Å². The summed E-state index contributed by atoms with van der Waals surface area (Å²) in [5.41, 5.74) is 1.26. The van der Waals surface area contributed by atoms with E-state index < -0.39 is 0 Å². The molecule has 0 aliphatic heterocycles. The summed E-state index contributed by atoms with van der Waals surface area (Å²) in [7, 11) is 0. The van der Waals surface area contributed by atoms with E-state index in [1.54, 1.807) is 12.4 Å². The van der Waals surface area contributed by atoms with Crippen LogP contribution in [0.25, 0.3) is 0 Å². The van der Waals surface area contributed by atoms with Crippen molar-refractivity contribution in [2.45, 2.75) is 6.92 Å². The fourth-order valence-corrected chi connectivity index (χ4v) is 0.426. The van der Waals surface area contributed by atoms with Gasteiger partial charge in [0.25, 0.3) is 0 Å². The van der Waals surface area contributed by atoms with Gasteiger partial charge in [0.1, 0.15) is 0 Å². The summed E-state index contributed by atoms with van der Waals surface area (Å²) in [6, 6.07) is 3.94. The third-order valence-corrected chi connectivity index (χ3v) is 0.847. The fourth-order valence-electron chi connectivity index (χ4n) is 0.426. The SMILES string of the molecule is Cc1ccncc1.[CH3-].[Lr]. The van der Waals surface area contributed by atoms with Gasteiger partial charge in [-0.05, 0) is 24.6 Å². The van der Waals surface area contributed by atoms with Gasteiger partial charge in [-0.15, -0.1) is 0 Å². The summed E-state index contributed by atoms with van der Waals surface area (Å²) in [5.74, 6) is 0. The summed E-state index contributed by atoms with van der Waals surface area (Å²) >= 11 is 0. The number of pyridine rings is 1. The summed E-state index contributed by atoms with van der Waals surface area (Å²) < 4.78 is 0. The second-order valence-electron chi connectivity index (χ2n) is 1.52. The molecule has 1 aromatic heterocycles. The molecule has 0 atom stereocenters. The van der Waals surface area contributed by atoms with Crippen LogP contribution >= 0.6 is 0 Å². The van der Waals surface area contributed by atoms with Gasteiger partial charge in [-0.2, -0.15) is 0 Å². The minimum Gasteiger partial charge on any atom is -0.358 e. The van der Waals surface area contributed by atoms with Crippen molar-refractivity contribution in [3.63, 3.8) is 0 Å². The Morgan fingerprint density at radius 3 is 1.89 bits per heavy atom. The molecule has 0 aliphatic carbocycles. The molecule has 1 heterocycles. The zero-order chi connectivity index (χ0) is 5.11. The quantitative estimate of drug-likeness (QED) is 0.636. The van der Waals surface area contributed by atoms with E-state index in [-0.39, 0.29) is 7.43 Å². The van der Waals surface area contributed by atoms with Crippen molar-refractivity contribution in [2.75, 3.05) is 0 Å². The van der Waals surface area contributed by atoms with Crippen molar-refractivity contribution in [3.8, 4) is 0 Å². The van der Waals surface area contributed by atoms with Crippen molar-refractivity contribution >= 4 is 0 Å². The Hall–Kier alpha value is -1.85. The normalized spacial score (nSPS) is 6.78. The predicted molar refractivity (Wildman–Crippen MR) is 35.4 cm³/mol. The summed E-state index contributed by atoms with van der Waals surface area (Å²) in [4.78, 5) is 3.85. The topological polar surface area (TPSA) is 12.9 Å². The zero-order valence-corrected chi connectivity index (χ0v) is 7.66. The molecule has 0 fully saturated rings. The molecule has 0 bridgehead atoms. The molecule has 0 unspecified atom stereocenters. The van der Waals surface area contributed by atoms with Crippen LogP contribution in [0, 0.1) is 14.4 Å². The first kappa shape index (κ1) is 10.2. The standard InChI is InChI=1S/C6H7N.CH3.Lr/c1-6-2-4-7-5-3-6;;/h2-5H,1H3;1H3;/q;-1;. The van der Waals surface area contributed by atoms with E-state index in [9.17, 15) is 0 Å². The van der Waals surface area contributed by atoms with Crippen molar-refractivity contribution in [2.24, 2.45) is 0 Å². The number of nitrogens with zero attached hydrogens (tertiary/aromatic N) is 1. The maximum absolute atomic E-state index is 3.85. The molecule has 0 saturated carbocycles. The average Bonchev–Trinajstić information content (AvgIpc) is 1.69. The molecule has 1 aromatic rings. The second-order valence-corrected chi connectivity index (χ2v) is 1.52. The van der Waals surface area contributed by atoms with Gasteiger partial charge in [0.05, 0.1) is 0 Å². The smallest absolute Gasteiger partial charge is 0.0270 e. The molecule has 1 rings (SSSR count). The third kappa shape index (κ3) is 2.80. The molecule has 0 aliphatic rings. The Labute approximate surface area is 50.4 Å². The first-order chi connectivity index (χ1) is 3.39. The monoisotopic (exact) mass is 370 g/mol. The Kier molecular flexibility index (Phi) is 4.89. The summed E-state index contributed by atoms with van der Waals surface area (Å²) in [6.07, 6.45) is 3.57. The maximum atomic E-state index is 3.85. The van der Waals surface area contributed by atoms with Gasteiger partial charge < -0.3 is 7.43 Å². The van der Waals surface area contributed by atoms with Crippen molar-refractivity contribution in [1.82, 2.24) is 4.98 Å². The fraction of sp³-hybridized carbons (Fsp3) is 0.143. The van der Waals surface area contributed by atoms with Crippen molar-refractivity contribution in [3.05, 3.63) is 37.5 Å². The van der Waals surface area contributed by atoms with Crippen LogP contribution in [-0.4, -0.2) is 4.98 Å². The number of aryl methyl sites for hydroxylation is 1. The molecule has 0 amide bonds. The molecule has 59 valence electrons. The first-order valence-corrected chi connectivity index (χ1v) is 2.26. The number of rotatable bonds is 0. The van der Waals surface area contributed by atoms with Gasteiger partial charge in [0.2, 0.25) is 0 Å². The van der Waals surface area contributed by atoms with Crippen LogP contribution < -0.4 is 0 Å². The maximum Gasteiger partial charge on any atom is 0.0270 e. The van der Waals surface area contributed by atoms with Gasteiger partial charge in [-0.3, -0.25) is 4.98 Å². The van der Waals surface area contributed by atoms with E-state index in [1.165, 1.54) is 5.56 Å². The number of hydrogen-bond acceptors (Lipinski definition) is 1. The van der Waals surface area contributed by atoms with Crippen molar-refractivity contribution in [1.29, 1.82) is 0 Å². The van der Waals surface area contributed by atoms with Gasteiger partial charge in [-0.25, -0.2) is 0 Å². The van der Waals surface area contributed by atoms with Crippen LogP contribution in [-0.2, 0) is 0 Å². The van der Waals surface area contributed by atoms with Crippen LogP contribution in [0.1, 0.15) is 5.56 Å². The minimum absolute atomic E-state index is 0. The second kappa shape index (κ2) is 4.31.